The highest BCUT2D eigenvalue weighted by Gasteiger charge is 2.20. The Labute approximate surface area is 180 Å². The highest BCUT2D eigenvalue weighted by Crippen LogP contribution is 2.26. The van der Waals surface area contributed by atoms with Gasteiger partial charge in [-0.3, -0.25) is 9.69 Å². The zero-order chi connectivity index (χ0) is 20.6. The molecule has 1 amide bonds. The molecule has 2 aromatic carbocycles. The van der Waals surface area contributed by atoms with Crippen molar-refractivity contribution < 1.29 is 9.21 Å². The Morgan fingerprint density at radius 2 is 1.67 bits per heavy atom. The third-order valence-corrected chi connectivity index (χ3v) is 5.78. The van der Waals surface area contributed by atoms with Gasteiger partial charge in [-0.15, -0.1) is 11.3 Å². The number of furan rings is 1. The van der Waals surface area contributed by atoms with Crippen LogP contribution in [0.15, 0.2) is 101 Å². The monoisotopic (exact) mass is 416 g/mol. The quantitative estimate of drug-likeness (QED) is 0.405. The summed E-state index contributed by atoms with van der Waals surface area (Å²) in [5.74, 6) is 0.830. The van der Waals surface area contributed by atoms with Gasteiger partial charge in [0.05, 0.1) is 25.4 Å². The molecule has 2 aromatic heterocycles. The molecule has 0 radical (unpaired) electrons. The van der Waals surface area contributed by atoms with Crippen LogP contribution in [-0.2, 0) is 17.9 Å². The maximum absolute atomic E-state index is 13.1. The topological polar surface area (TPSA) is 45.5 Å². The molecule has 0 aliphatic heterocycles. The summed E-state index contributed by atoms with van der Waals surface area (Å²) in [5.41, 5.74) is 2.24. The van der Waals surface area contributed by atoms with Crippen molar-refractivity contribution in [3.8, 4) is 0 Å². The van der Waals surface area contributed by atoms with Gasteiger partial charge in [-0.25, -0.2) is 0 Å². The fourth-order valence-corrected chi connectivity index (χ4v) is 4.26. The number of nitrogens with zero attached hydrogens (tertiary/aromatic N) is 1. The Morgan fingerprint density at radius 1 is 0.900 bits per heavy atom. The van der Waals surface area contributed by atoms with Gasteiger partial charge < -0.3 is 9.73 Å². The molecule has 5 heteroatoms. The summed E-state index contributed by atoms with van der Waals surface area (Å²) in [6.07, 6.45) is 1.67. The Morgan fingerprint density at radius 3 is 2.33 bits per heavy atom. The first-order valence-electron chi connectivity index (χ1n) is 9.94. The van der Waals surface area contributed by atoms with Crippen molar-refractivity contribution in [2.75, 3.05) is 6.54 Å². The van der Waals surface area contributed by atoms with Crippen LogP contribution in [0.3, 0.4) is 0 Å². The Kier molecular flexibility index (Phi) is 6.75. The fourth-order valence-electron chi connectivity index (χ4n) is 3.46. The molecule has 1 atom stereocenters. The lowest BCUT2D eigenvalue weighted by Crippen LogP contribution is -2.38. The van der Waals surface area contributed by atoms with Crippen molar-refractivity contribution in [3.05, 3.63) is 118 Å². The summed E-state index contributed by atoms with van der Waals surface area (Å²) in [6, 6.07) is 28.0. The van der Waals surface area contributed by atoms with Gasteiger partial charge in [-0.05, 0) is 34.7 Å². The first kappa shape index (κ1) is 20.1. The van der Waals surface area contributed by atoms with Crippen LogP contribution in [0.5, 0.6) is 0 Å². The maximum Gasteiger partial charge on any atom is 0.234 e. The molecule has 0 bridgehead atoms. The molecule has 4 rings (SSSR count). The molecule has 0 fully saturated rings. The number of rotatable bonds is 9. The molecule has 1 N–H and O–H groups in total. The van der Waals surface area contributed by atoms with E-state index in [-0.39, 0.29) is 18.5 Å². The molecule has 0 saturated heterocycles. The highest BCUT2D eigenvalue weighted by molar-refractivity contribution is 7.10. The number of carbonyl (C=O) groups excluding carboxylic acids is 1. The lowest BCUT2D eigenvalue weighted by molar-refractivity contribution is -0.123. The van der Waals surface area contributed by atoms with Crippen molar-refractivity contribution in [2.24, 2.45) is 0 Å². The zero-order valence-corrected chi connectivity index (χ0v) is 17.4. The van der Waals surface area contributed by atoms with Crippen molar-refractivity contribution in [2.45, 2.75) is 19.1 Å². The zero-order valence-electron chi connectivity index (χ0n) is 16.6. The lowest BCUT2D eigenvalue weighted by atomic mass is 10.1. The van der Waals surface area contributed by atoms with Gasteiger partial charge >= 0.3 is 0 Å². The average Bonchev–Trinajstić information content (AvgIpc) is 3.48. The van der Waals surface area contributed by atoms with Gasteiger partial charge in [-0.2, -0.15) is 0 Å². The minimum atomic E-state index is -0.152. The van der Waals surface area contributed by atoms with E-state index in [0.717, 1.165) is 21.8 Å². The van der Waals surface area contributed by atoms with Gasteiger partial charge in [0.15, 0.2) is 0 Å². The van der Waals surface area contributed by atoms with E-state index in [9.17, 15) is 4.79 Å². The van der Waals surface area contributed by atoms with Crippen molar-refractivity contribution in [1.29, 1.82) is 0 Å². The number of carbonyl (C=O) groups is 1. The molecule has 152 valence electrons. The number of hydrogen-bond donors (Lipinski definition) is 1. The SMILES string of the molecule is O=C(CN(Cc1ccccc1)Cc1ccco1)NC(c1ccccc1)c1cccs1. The van der Waals surface area contributed by atoms with Crippen molar-refractivity contribution in [3.63, 3.8) is 0 Å². The van der Waals surface area contributed by atoms with Gasteiger partial charge in [0.25, 0.3) is 0 Å². The van der Waals surface area contributed by atoms with Gasteiger partial charge in [0.2, 0.25) is 5.91 Å². The largest absolute Gasteiger partial charge is 0.468 e. The molecule has 30 heavy (non-hydrogen) atoms. The Balaban J connectivity index is 1.49. The predicted molar refractivity (Wildman–Crippen MR) is 120 cm³/mol. The van der Waals surface area contributed by atoms with Crippen LogP contribution in [0.4, 0.5) is 0 Å². The van der Waals surface area contributed by atoms with Crippen LogP contribution in [-0.4, -0.2) is 17.4 Å². The molecule has 0 aliphatic carbocycles. The number of amides is 1. The molecule has 4 aromatic rings. The minimum absolute atomic E-state index is 0.0141. The Bertz CT molecular complexity index is 1020. The molecular formula is C25H24N2O2S. The number of nitrogens with one attached hydrogen (secondary N) is 1. The number of thiophene rings is 1. The third-order valence-electron chi connectivity index (χ3n) is 4.84. The van der Waals surface area contributed by atoms with Crippen LogP contribution in [0.25, 0.3) is 0 Å². The number of benzene rings is 2. The predicted octanol–water partition coefficient (Wildman–Crippen LogP) is 5.25. The highest BCUT2D eigenvalue weighted by atomic mass is 32.1. The molecule has 0 saturated carbocycles. The van der Waals surface area contributed by atoms with Gasteiger partial charge in [-0.1, -0.05) is 66.7 Å². The summed E-state index contributed by atoms with van der Waals surface area (Å²) in [7, 11) is 0. The summed E-state index contributed by atoms with van der Waals surface area (Å²) in [5, 5.41) is 5.27. The van der Waals surface area contributed by atoms with E-state index in [1.807, 2.05) is 60.0 Å². The summed E-state index contributed by atoms with van der Waals surface area (Å²) in [4.78, 5) is 16.3. The normalized spacial score (nSPS) is 12.0. The first-order chi connectivity index (χ1) is 14.8. The van der Waals surface area contributed by atoms with Crippen LogP contribution in [0.2, 0.25) is 0 Å². The summed E-state index contributed by atoms with van der Waals surface area (Å²) < 4.78 is 5.52. The van der Waals surface area contributed by atoms with E-state index in [4.69, 9.17) is 4.42 Å². The second-order valence-corrected chi connectivity index (χ2v) is 8.12. The molecule has 0 spiro atoms. The Hall–Kier alpha value is -3.15. The second kappa shape index (κ2) is 10.1. The van der Waals surface area contributed by atoms with E-state index in [1.165, 1.54) is 0 Å². The standard InChI is InChI=1S/C25H24N2O2S/c28-24(26-25(23-14-8-16-30-23)21-11-5-2-6-12-21)19-27(18-22-13-7-15-29-22)17-20-9-3-1-4-10-20/h1-16,25H,17-19H2,(H,26,28). The summed E-state index contributed by atoms with van der Waals surface area (Å²) >= 11 is 1.65. The van der Waals surface area contributed by atoms with Crippen LogP contribution < -0.4 is 5.32 Å². The third kappa shape index (κ3) is 5.47. The minimum Gasteiger partial charge on any atom is -0.468 e. The molecular weight excluding hydrogens is 392 g/mol. The summed E-state index contributed by atoms with van der Waals surface area (Å²) in [6.45, 7) is 1.53. The lowest BCUT2D eigenvalue weighted by Gasteiger charge is -2.23. The fraction of sp³-hybridized carbons (Fsp3) is 0.160. The maximum atomic E-state index is 13.1. The number of hydrogen-bond acceptors (Lipinski definition) is 4. The van der Waals surface area contributed by atoms with Crippen LogP contribution in [0.1, 0.15) is 27.8 Å². The van der Waals surface area contributed by atoms with E-state index in [0.29, 0.717) is 13.1 Å². The second-order valence-electron chi connectivity index (χ2n) is 7.14. The average molecular weight is 417 g/mol. The van der Waals surface area contributed by atoms with Crippen LogP contribution >= 0.6 is 11.3 Å². The van der Waals surface area contributed by atoms with E-state index >= 15 is 0 Å². The molecule has 2 heterocycles. The van der Waals surface area contributed by atoms with Gasteiger partial charge in [0, 0.05) is 11.4 Å². The molecule has 1 unspecified atom stereocenters. The smallest absolute Gasteiger partial charge is 0.234 e. The molecule has 0 aliphatic rings. The van der Waals surface area contributed by atoms with Crippen LogP contribution in [0, 0.1) is 0 Å². The molecule has 4 nitrogen and oxygen atoms in total. The van der Waals surface area contributed by atoms with E-state index in [1.54, 1.807) is 17.6 Å². The van der Waals surface area contributed by atoms with E-state index in [2.05, 4.69) is 40.5 Å². The van der Waals surface area contributed by atoms with Crippen molar-refractivity contribution in [1.82, 2.24) is 10.2 Å². The van der Waals surface area contributed by atoms with Crippen molar-refractivity contribution >= 4 is 17.2 Å². The van der Waals surface area contributed by atoms with E-state index < -0.39 is 0 Å². The first-order valence-corrected chi connectivity index (χ1v) is 10.8. The van der Waals surface area contributed by atoms with Gasteiger partial charge in [0.1, 0.15) is 5.76 Å².